The molecule has 1 saturated heterocycles. The number of nitrogens with zero attached hydrogens (tertiary/aromatic N) is 2. The number of nitrogens with one attached hydrogen (secondary N) is 1. The minimum absolute atomic E-state index is 0.00692. The lowest BCUT2D eigenvalue weighted by atomic mass is 10.1. The molecule has 5 heteroatoms. The summed E-state index contributed by atoms with van der Waals surface area (Å²) in [6.45, 7) is 4.38. The number of aromatic nitrogens is 1. The van der Waals surface area contributed by atoms with Gasteiger partial charge in [0.1, 0.15) is 4.88 Å². The first-order valence-corrected chi connectivity index (χ1v) is 9.22. The first-order chi connectivity index (χ1) is 11.3. The van der Waals surface area contributed by atoms with Crippen LogP contribution in [0.15, 0.2) is 35.8 Å². The van der Waals surface area contributed by atoms with Crippen LogP contribution in [0, 0.1) is 0 Å². The van der Waals surface area contributed by atoms with E-state index in [2.05, 4.69) is 15.2 Å². The summed E-state index contributed by atoms with van der Waals surface area (Å²) in [4.78, 5) is 19.9. The van der Waals surface area contributed by atoms with Crippen molar-refractivity contribution in [2.45, 2.75) is 25.7 Å². The molecule has 2 heterocycles. The molecule has 122 valence electrons. The van der Waals surface area contributed by atoms with Gasteiger partial charge in [0.15, 0.2) is 0 Å². The molecular formula is C18H23N3OS. The summed E-state index contributed by atoms with van der Waals surface area (Å²) in [5, 5.41) is 3.03. The molecule has 1 aliphatic rings. The maximum Gasteiger partial charge on any atom is 0.263 e. The summed E-state index contributed by atoms with van der Waals surface area (Å²) < 4.78 is 0. The van der Waals surface area contributed by atoms with Crippen LogP contribution in [-0.4, -0.2) is 42.0 Å². The van der Waals surface area contributed by atoms with Crippen LogP contribution in [0.3, 0.4) is 0 Å². The molecule has 0 radical (unpaired) electrons. The number of carbonyl (C=O) groups excluding carboxylic acids is 1. The third-order valence-electron chi connectivity index (χ3n) is 4.21. The standard InChI is InChI=1S/C18H23N3OS/c22-18(19-10-4-5-11-21-12-6-7-13-21)17-16(20-14-23-17)15-8-2-1-3-9-15/h1-3,8-9,14H,4-7,10-13H2,(H,19,22). The van der Waals surface area contributed by atoms with Gasteiger partial charge < -0.3 is 10.2 Å². The van der Waals surface area contributed by atoms with Crippen molar-refractivity contribution in [3.05, 3.63) is 40.7 Å². The molecule has 3 rings (SSSR count). The summed E-state index contributed by atoms with van der Waals surface area (Å²) in [6.07, 6.45) is 4.85. The van der Waals surface area contributed by atoms with Crippen LogP contribution in [0.25, 0.3) is 11.3 Å². The van der Waals surface area contributed by atoms with Gasteiger partial charge in [-0.3, -0.25) is 4.79 Å². The number of rotatable bonds is 7. The van der Waals surface area contributed by atoms with E-state index in [1.807, 2.05) is 30.3 Å². The zero-order valence-electron chi connectivity index (χ0n) is 13.3. The molecule has 1 aromatic heterocycles. The first-order valence-electron chi connectivity index (χ1n) is 8.34. The summed E-state index contributed by atoms with van der Waals surface area (Å²) in [5.74, 6) is -0.00692. The van der Waals surface area contributed by atoms with E-state index in [4.69, 9.17) is 0 Å². The SMILES string of the molecule is O=C(NCCCCN1CCCC1)c1scnc1-c1ccccc1. The zero-order chi connectivity index (χ0) is 15.9. The fourth-order valence-corrected chi connectivity index (χ4v) is 3.68. The highest BCUT2D eigenvalue weighted by Crippen LogP contribution is 2.25. The summed E-state index contributed by atoms with van der Waals surface area (Å²) in [6, 6.07) is 9.88. The van der Waals surface area contributed by atoms with Gasteiger partial charge in [0.05, 0.1) is 11.2 Å². The highest BCUT2D eigenvalue weighted by Gasteiger charge is 2.15. The number of carbonyl (C=O) groups is 1. The zero-order valence-corrected chi connectivity index (χ0v) is 14.1. The van der Waals surface area contributed by atoms with E-state index in [0.29, 0.717) is 4.88 Å². The second-order valence-electron chi connectivity index (χ2n) is 5.91. The monoisotopic (exact) mass is 329 g/mol. The van der Waals surface area contributed by atoms with Crippen molar-refractivity contribution in [3.63, 3.8) is 0 Å². The lowest BCUT2D eigenvalue weighted by molar-refractivity contribution is 0.0957. The number of hydrogen-bond acceptors (Lipinski definition) is 4. The maximum absolute atomic E-state index is 12.4. The van der Waals surface area contributed by atoms with Gasteiger partial charge >= 0.3 is 0 Å². The van der Waals surface area contributed by atoms with Crippen molar-refractivity contribution >= 4 is 17.2 Å². The van der Waals surface area contributed by atoms with E-state index in [1.165, 1.54) is 37.3 Å². The van der Waals surface area contributed by atoms with E-state index in [-0.39, 0.29) is 5.91 Å². The Morgan fingerprint density at radius 3 is 2.74 bits per heavy atom. The Morgan fingerprint density at radius 1 is 1.17 bits per heavy atom. The third-order valence-corrected chi connectivity index (χ3v) is 5.03. The van der Waals surface area contributed by atoms with E-state index in [1.54, 1.807) is 5.51 Å². The Kier molecular flexibility index (Phi) is 5.77. The predicted octanol–water partition coefficient (Wildman–Crippen LogP) is 3.42. The van der Waals surface area contributed by atoms with Gasteiger partial charge in [-0.15, -0.1) is 11.3 Å². The number of amides is 1. The Morgan fingerprint density at radius 2 is 1.96 bits per heavy atom. The number of unbranched alkanes of at least 4 members (excludes halogenated alkanes) is 1. The fraction of sp³-hybridized carbons (Fsp3) is 0.444. The molecule has 1 aliphatic heterocycles. The minimum atomic E-state index is -0.00692. The number of thiazole rings is 1. The van der Waals surface area contributed by atoms with Crippen LogP contribution in [0.4, 0.5) is 0 Å². The van der Waals surface area contributed by atoms with E-state index in [9.17, 15) is 4.79 Å². The molecular weight excluding hydrogens is 306 g/mol. The number of hydrogen-bond donors (Lipinski definition) is 1. The van der Waals surface area contributed by atoms with Crippen molar-refractivity contribution < 1.29 is 4.79 Å². The second kappa shape index (κ2) is 8.22. The van der Waals surface area contributed by atoms with Gasteiger partial charge in [0.2, 0.25) is 0 Å². The van der Waals surface area contributed by atoms with E-state index < -0.39 is 0 Å². The Bertz CT molecular complexity index is 620. The number of likely N-dealkylation sites (tertiary alicyclic amines) is 1. The maximum atomic E-state index is 12.4. The van der Waals surface area contributed by atoms with Gasteiger partial charge in [-0.25, -0.2) is 4.98 Å². The highest BCUT2D eigenvalue weighted by molar-refractivity contribution is 7.12. The van der Waals surface area contributed by atoms with Crippen molar-refractivity contribution in [2.24, 2.45) is 0 Å². The van der Waals surface area contributed by atoms with Crippen molar-refractivity contribution in [1.82, 2.24) is 15.2 Å². The van der Waals surface area contributed by atoms with Crippen molar-refractivity contribution in [3.8, 4) is 11.3 Å². The van der Waals surface area contributed by atoms with Gasteiger partial charge in [-0.05, 0) is 45.3 Å². The molecule has 1 fully saturated rings. The van der Waals surface area contributed by atoms with Gasteiger partial charge in [-0.2, -0.15) is 0 Å². The quantitative estimate of drug-likeness (QED) is 0.792. The summed E-state index contributed by atoms with van der Waals surface area (Å²) in [7, 11) is 0. The molecule has 0 bridgehead atoms. The molecule has 0 spiro atoms. The summed E-state index contributed by atoms with van der Waals surface area (Å²) >= 11 is 1.41. The number of benzene rings is 1. The van der Waals surface area contributed by atoms with Gasteiger partial charge in [0.25, 0.3) is 5.91 Å². The lowest BCUT2D eigenvalue weighted by Gasteiger charge is -2.14. The largest absolute Gasteiger partial charge is 0.351 e. The molecule has 23 heavy (non-hydrogen) atoms. The van der Waals surface area contributed by atoms with Crippen LogP contribution in [0.1, 0.15) is 35.4 Å². The van der Waals surface area contributed by atoms with Gasteiger partial charge in [0, 0.05) is 12.1 Å². The van der Waals surface area contributed by atoms with E-state index >= 15 is 0 Å². The van der Waals surface area contributed by atoms with Crippen LogP contribution < -0.4 is 5.32 Å². The molecule has 1 amide bonds. The van der Waals surface area contributed by atoms with Crippen LogP contribution >= 0.6 is 11.3 Å². The first kappa shape index (κ1) is 16.1. The normalized spacial score (nSPS) is 15.0. The topological polar surface area (TPSA) is 45.2 Å². The Hall–Kier alpha value is -1.72. The smallest absolute Gasteiger partial charge is 0.263 e. The average molecular weight is 329 g/mol. The molecule has 4 nitrogen and oxygen atoms in total. The summed E-state index contributed by atoms with van der Waals surface area (Å²) in [5.41, 5.74) is 3.52. The Labute approximate surface area is 141 Å². The minimum Gasteiger partial charge on any atom is -0.351 e. The molecule has 0 aliphatic carbocycles. The average Bonchev–Trinajstić information content (AvgIpc) is 3.27. The fourth-order valence-electron chi connectivity index (χ4n) is 2.96. The second-order valence-corrected chi connectivity index (χ2v) is 6.76. The Balaban J connectivity index is 1.46. The van der Waals surface area contributed by atoms with Crippen LogP contribution in [-0.2, 0) is 0 Å². The molecule has 1 aromatic carbocycles. The highest BCUT2D eigenvalue weighted by atomic mass is 32.1. The van der Waals surface area contributed by atoms with Crippen LogP contribution in [0.5, 0.6) is 0 Å². The molecule has 1 N–H and O–H groups in total. The molecule has 0 saturated carbocycles. The lowest BCUT2D eigenvalue weighted by Crippen LogP contribution is -2.26. The van der Waals surface area contributed by atoms with Crippen molar-refractivity contribution in [2.75, 3.05) is 26.2 Å². The van der Waals surface area contributed by atoms with Crippen LogP contribution in [0.2, 0.25) is 0 Å². The van der Waals surface area contributed by atoms with Crippen molar-refractivity contribution in [1.29, 1.82) is 0 Å². The molecule has 0 atom stereocenters. The van der Waals surface area contributed by atoms with E-state index in [0.717, 1.165) is 37.2 Å². The molecule has 0 unspecified atom stereocenters. The predicted molar refractivity (Wildman–Crippen MR) is 94.8 cm³/mol. The third kappa shape index (κ3) is 4.39. The molecule has 2 aromatic rings. The van der Waals surface area contributed by atoms with Gasteiger partial charge in [-0.1, -0.05) is 30.3 Å².